The van der Waals surface area contributed by atoms with Crippen molar-refractivity contribution in [3.8, 4) is 0 Å². The molecule has 0 N–H and O–H groups in total. The van der Waals surface area contributed by atoms with E-state index < -0.39 is 26.5 Å². The zero-order valence-corrected chi connectivity index (χ0v) is 15.0. The zero-order chi connectivity index (χ0) is 11.0. The summed E-state index contributed by atoms with van der Waals surface area (Å²) in [7, 11) is 0. The second kappa shape index (κ2) is 4.37. The van der Waals surface area contributed by atoms with Gasteiger partial charge in [0.2, 0.25) is 0 Å². The van der Waals surface area contributed by atoms with Gasteiger partial charge in [0.15, 0.2) is 0 Å². The Morgan fingerprint density at radius 2 is 0.929 bits per heavy atom. The van der Waals surface area contributed by atoms with Gasteiger partial charge in [-0.05, 0) is 0 Å². The number of hydrogen-bond donors (Lipinski definition) is 0. The van der Waals surface area contributed by atoms with Crippen LogP contribution in [-0.4, -0.2) is 26.5 Å². The van der Waals surface area contributed by atoms with Crippen molar-refractivity contribution in [2.75, 3.05) is 0 Å². The fourth-order valence-electron chi connectivity index (χ4n) is 2.56. The molecule has 0 aliphatic heterocycles. The third-order valence-electron chi connectivity index (χ3n) is 3.28. The van der Waals surface area contributed by atoms with Crippen molar-refractivity contribution in [1.82, 2.24) is 0 Å². The summed E-state index contributed by atoms with van der Waals surface area (Å²) in [6.07, 6.45) is 5.86. The molecule has 1 aliphatic carbocycles. The Balaban J connectivity index is 3.10. The molecule has 1 rings (SSSR count). The van der Waals surface area contributed by atoms with Crippen LogP contribution in [0.3, 0.4) is 0 Å². The minimum absolute atomic E-state index is 1.46. The predicted octanol–water partition coefficient (Wildman–Crippen LogP) is 4.61. The maximum absolute atomic E-state index is 2.58. The van der Waals surface area contributed by atoms with Crippen molar-refractivity contribution >= 4 is 26.5 Å². The van der Waals surface area contributed by atoms with Gasteiger partial charge >= 0.3 is 95.6 Å². The van der Waals surface area contributed by atoms with Crippen LogP contribution in [0.25, 0.3) is 0 Å². The molecule has 0 bridgehead atoms. The summed E-state index contributed by atoms with van der Waals surface area (Å²) in [5, 5.41) is 0. The van der Waals surface area contributed by atoms with Crippen molar-refractivity contribution in [2.45, 2.75) is 60.2 Å². The topological polar surface area (TPSA) is 0 Å². The first kappa shape index (κ1) is 12.9. The summed E-state index contributed by atoms with van der Waals surface area (Å²) >= 11 is -3.00. The Morgan fingerprint density at radius 3 is 1.14 bits per heavy atom. The summed E-state index contributed by atoms with van der Waals surface area (Å²) in [6.45, 7) is 0. The third kappa shape index (κ3) is 3.16. The van der Waals surface area contributed by atoms with E-state index in [2.05, 4.69) is 34.5 Å². The van der Waals surface area contributed by atoms with Crippen molar-refractivity contribution in [1.29, 1.82) is 0 Å². The average Bonchev–Trinajstić information content (AvgIpc) is 2.01. The van der Waals surface area contributed by atoms with Gasteiger partial charge in [-0.15, -0.1) is 0 Å². The molecule has 0 heterocycles. The van der Waals surface area contributed by atoms with Gasteiger partial charge in [0.1, 0.15) is 0 Å². The molecule has 0 fully saturated rings. The van der Waals surface area contributed by atoms with Crippen LogP contribution in [0, 0.1) is 0 Å². The molecule has 0 aromatic heterocycles. The van der Waals surface area contributed by atoms with E-state index in [-0.39, 0.29) is 0 Å². The molecule has 0 atom stereocenters. The van der Waals surface area contributed by atoms with E-state index in [4.69, 9.17) is 0 Å². The van der Waals surface area contributed by atoms with Gasteiger partial charge in [-0.25, -0.2) is 0 Å². The molecule has 0 unspecified atom stereocenters. The van der Waals surface area contributed by atoms with Gasteiger partial charge in [-0.3, -0.25) is 0 Å². The van der Waals surface area contributed by atoms with Crippen LogP contribution in [0.5, 0.6) is 0 Å². The van der Waals surface area contributed by atoms with Crippen LogP contribution in [0.15, 0.2) is 8.81 Å². The monoisotopic (exact) mass is 318 g/mol. The van der Waals surface area contributed by atoms with Crippen molar-refractivity contribution in [3.05, 3.63) is 8.81 Å². The van der Waals surface area contributed by atoms with E-state index in [0.717, 1.165) is 0 Å². The van der Waals surface area contributed by atoms with Crippen molar-refractivity contribution in [2.24, 2.45) is 0 Å². The molecule has 82 valence electrons. The van der Waals surface area contributed by atoms with E-state index >= 15 is 0 Å². The second-order valence-corrected chi connectivity index (χ2v) is 28.1. The molecular weight excluding hydrogens is 289 g/mol. The van der Waals surface area contributed by atoms with Gasteiger partial charge in [0.05, 0.1) is 0 Å². The Morgan fingerprint density at radius 1 is 0.643 bits per heavy atom. The molecule has 0 saturated heterocycles. The SMILES string of the molecule is [CH3][Ge]([CH3])([CH3])[C]1=[C]([Ge]([CH3])([CH3])[CH3])CCCC1. The fraction of sp³-hybridized carbons (Fsp3) is 0.833. The van der Waals surface area contributed by atoms with E-state index in [1.54, 1.807) is 0 Å². The first-order valence-corrected chi connectivity index (χ1v) is 20.6. The summed E-state index contributed by atoms with van der Waals surface area (Å²) in [5.74, 6) is 15.5. The number of allylic oxidation sites excluding steroid dienone is 2. The molecule has 0 saturated carbocycles. The first-order valence-electron chi connectivity index (χ1n) is 5.96. The van der Waals surface area contributed by atoms with Crippen LogP contribution in [0.2, 0.25) is 34.5 Å². The van der Waals surface area contributed by atoms with Crippen molar-refractivity contribution < 1.29 is 0 Å². The van der Waals surface area contributed by atoms with Gasteiger partial charge in [0.25, 0.3) is 0 Å². The molecule has 0 radical (unpaired) electrons. The normalized spacial score (nSPS) is 20.1. The molecule has 0 amide bonds. The van der Waals surface area contributed by atoms with Crippen LogP contribution in [0.1, 0.15) is 25.7 Å². The van der Waals surface area contributed by atoms with Crippen LogP contribution >= 0.6 is 0 Å². The molecule has 1 aliphatic rings. The second-order valence-electron chi connectivity index (χ2n) is 6.66. The van der Waals surface area contributed by atoms with Gasteiger partial charge in [-0.2, -0.15) is 0 Å². The van der Waals surface area contributed by atoms with Crippen LogP contribution in [-0.2, 0) is 0 Å². The van der Waals surface area contributed by atoms with Gasteiger partial charge in [0, 0.05) is 0 Å². The molecule has 14 heavy (non-hydrogen) atoms. The Bertz CT molecular complexity index is 212. The van der Waals surface area contributed by atoms with E-state index in [9.17, 15) is 0 Å². The molecule has 0 spiro atoms. The fourth-order valence-corrected chi connectivity index (χ4v) is 18.9. The summed E-state index contributed by atoms with van der Waals surface area (Å²) in [6, 6.07) is 0. The first-order chi connectivity index (χ1) is 6.23. The summed E-state index contributed by atoms with van der Waals surface area (Å²) in [4.78, 5) is 0. The quantitative estimate of drug-likeness (QED) is 0.653. The van der Waals surface area contributed by atoms with Gasteiger partial charge in [-0.1, -0.05) is 0 Å². The molecule has 0 aromatic rings. The van der Waals surface area contributed by atoms with Crippen LogP contribution in [0.4, 0.5) is 0 Å². The number of rotatable bonds is 2. The number of hydrogen-bond acceptors (Lipinski definition) is 0. The Hall–Kier alpha value is 0.826. The molecule has 0 nitrogen and oxygen atoms in total. The average molecular weight is 316 g/mol. The summed E-state index contributed by atoms with van der Waals surface area (Å²) < 4.78 is 4.01. The molecule has 2 heteroatoms. The Labute approximate surface area is 95.3 Å². The van der Waals surface area contributed by atoms with E-state index in [1.165, 1.54) is 25.7 Å². The zero-order valence-electron chi connectivity index (χ0n) is 10.8. The van der Waals surface area contributed by atoms with E-state index in [1.807, 2.05) is 8.81 Å². The molecule has 0 aromatic carbocycles. The van der Waals surface area contributed by atoms with Crippen LogP contribution < -0.4 is 0 Å². The minimum atomic E-state index is -1.50. The standard InChI is InChI=1S/C12H26Ge2/c1-13(2,3)11-9-7-8-10-12(11)14(4,5)6/h7-10H2,1-6H3. The summed E-state index contributed by atoms with van der Waals surface area (Å²) in [5.41, 5.74) is 0. The maximum atomic E-state index is 2.58. The third-order valence-corrected chi connectivity index (χ3v) is 14.3. The Kier molecular flexibility index (Phi) is 4.02. The van der Waals surface area contributed by atoms with E-state index in [0.29, 0.717) is 0 Å². The predicted molar refractivity (Wildman–Crippen MR) is 72.2 cm³/mol. The van der Waals surface area contributed by atoms with Gasteiger partial charge < -0.3 is 0 Å². The molecular formula is C12H26Ge2. The van der Waals surface area contributed by atoms with Crippen molar-refractivity contribution in [3.63, 3.8) is 0 Å².